The summed E-state index contributed by atoms with van der Waals surface area (Å²) in [5.74, 6) is -1.75. The first-order valence-electron chi connectivity index (χ1n) is 5.05. The summed E-state index contributed by atoms with van der Waals surface area (Å²) in [4.78, 5) is 1.48. The van der Waals surface area contributed by atoms with Crippen molar-refractivity contribution >= 4 is 11.3 Å². The third kappa shape index (κ3) is 2.52. The Morgan fingerprint density at radius 2 is 1.94 bits per heavy atom. The predicted octanol–water partition coefficient (Wildman–Crippen LogP) is 2.69. The monoisotopic (exact) mass is 255 g/mol. The number of hydrogen-bond acceptors (Lipinski definition) is 3. The van der Waals surface area contributed by atoms with Gasteiger partial charge in [0.25, 0.3) is 0 Å². The maximum absolute atomic E-state index is 13.1. The minimum absolute atomic E-state index is 0.137. The lowest BCUT2D eigenvalue weighted by Crippen LogP contribution is -2.09. The second-order valence-electron chi connectivity index (χ2n) is 3.58. The molecule has 1 aromatic heterocycles. The minimum atomic E-state index is -0.878. The molecule has 90 valence electrons. The van der Waals surface area contributed by atoms with Crippen molar-refractivity contribution in [3.05, 3.63) is 46.8 Å². The van der Waals surface area contributed by atoms with Gasteiger partial charge in [-0.05, 0) is 29.8 Å². The molecule has 1 atom stereocenters. The van der Waals surface area contributed by atoms with Crippen molar-refractivity contribution in [1.29, 1.82) is 0 Å². The molecular weight excluding hydrogens is 244 g/mol. The fourth-order valence-corrected chi connectivity index (χ4v) is 2.46. The van der Waals surface area contributed by atoms with Crippen LogP contribution < -0.4 is 5.73 Å². The summed E-state index contributed by atoms with van der Waals surface area (Å²) >= 11 is 1.31. The summed E-state index contributed by atoms with van der Waals surface area (Å²) in [6.07, 6.45) is -0.709. The Morgan fingerprint density at radius 1 is 1.18 bits per heavy atom. The zero-order valence-corrected chi connectivity index (χ0v) is 9.68. The molecule has 2 nitrogen and oxygen atoms in total. The predicted molar refractivity (Wildman–Crippen MR) is 63.7 cm³/mol. The Morgan fingerprint density at radius 3 is 2.59 bits per heavy atom. The van der Waals surface area contributed by atoms with Crippen LogP contribution in [0.25, 0.3) is 10.4 Å². The summed E-state index contributed by atoms with van der Waals surface area (Å²) < 4.78 is 25.8. The van der Waals surface area contributed by atoms with E-state index in [1.54, 1.807) is 12.1 Å². The van der Waals surface area contributed by atoms with Crippen molar-refractivity contribution in [3.63, 3.8) is 0 Å². The molecule has 0 radical (unpaired) electrons. The van der Waals surface area contributed by atoms with Gasteiger partial charge in [-0.1, -0.05) is 6.07 Å². The summed E-state index contributed by atoms with van der Waals surface area (Å²) in [6.45, 7) is 0.137. The molecule has 0 aliphatic carbocycles. The molecule has 17 heavy (non-hydrogen) atoms. The molecule has 0 aliphatic heterocycles. The average molecular weight is 255 g/mol. The standard InChI is InChI=1S/C12H11F2NOS/c13-8-2-1-7(5-9(8)14)11-3-4-12(17-11)10(16)6-15/h1-5,10,16H,6,15H2. The SMILES string of the molecule is NCC(O)c1ccc(-c2ccc(F)c(F)c2)s1. The van der Waals surface area contributed by atoms with Crippen molar-refractivity contribution in [2.45, 2.75) is 6.10 Å². The van der Waals surface area contributed by atoms with E-state index in [1.807, 2.05) is 0 Å². The number of halogens is 2. The number of benzene rings is 1. The van der Waals surface area contributed by atoms with Crippen molar-refractivity contribution in [2.75, 3.05) is 6.54 Å². The number of hydrogen-bond donors (Lipinski definition) is 2. The van der Waals surface area contributed by atoms with Gasteiger partial charge in [-0.2, -0.15) is 0 Å². The van der Waals surface area contributed by atoms with Crippen LogP contribution in [0.15, 0.2) is 30.3 Å². The fourth-order valence-electron chi connectivity index (χ4n) is 1.45. The molecule has 0 amide bonds. The lowest BCUT2D eigenvalue weighted by molar-refractivity contribution is 0.190. The van der Waals surface area contributed by atoms with Crippen LogP contribution in [0.4, 0.5) is 8.78 Å². The molecule has 2 aromatic rings. The van der Waals surface area contributed by atoms with Gasteiger partial charge in [0.15, 0.2) is 11.6 Å². The van der Waals surface area contributed by atoms with Gasteiger partial charge in [0, 0.05) is 16.3 Å². The van der Waals surface area contributed by atoms with Gasteiger partial charge < -0.3 is 10.8 Å². The Kier molecular flexibility index (Phi) is 3.51. The Hall–Kier alpha value is -1.30. The molecule has 0 spiro atoms. The highest BCUT2D eigenvalue weighted by atomic mass is 32.1. The van der Waals surface area contributed by atoms with Crippen LogP contribution in [0.3, 0.4) is 0 Å². The maximum atomic E-state index is 13.1. The highest BCUT2D eigenvalue weighted by molar-refractivity contribution is 7.15. The van der Waals surface area contributed by atoms with E-state index in [-0.39, 0.29) is 6.54 Å². The molecule has 0 saturated heterocycles. The molecule has 1 heterocycles. The van der Waals surface area contributed by atoms with E-state index in [0.717, 1.165) is 17.0 Å². The fraction of sp³-hybridized carbons (Fsp3) is 0.167. The highest BCUT2D eigenvalue weighted by Gasteiger charge is 2.11. The summed E-state index contributed by atoms with van der Waals surface area (Å²) in [6, 6.07) is 7.22. The van der Waals surface area contributed by atoms with Crippen molar-refractivity contribution in [1.82, 2.24) is 0 Å². The Bertz CT molecular complexity index is 527. The van der Waals surface area contributed by atoms with Crippen LogP contribution in [-0.4, -0.2) is 11.7 Å². The van der Waals surface area contributed by atoms with E-state index in [0.29, 0.717) is 10.4 Å². The molecule has 1 unspecified atom stereocenters. The Labute approximate surface area is 101 Å². The average Bonchev–Trinajstić information content (AvgIpc) is 2.81. The first-order chi connectivity index (χ1) is 8.11. The van der Waals surface area contributed by atoms with Crippen LogP contribution in [-0.2, 0) is 0 Å². The molecule has 5 heteroatoms. The molecule has 0 bridgehead atoms. The van der Waals surface area contributed by atoms with Gasteiger partial charge in [-0.25, -0.2) is 8.78 Å². The van der Waals surface area contributed by atoms with E-state index in [1.165, 1.54) is 17.4 Å². The molecule has 2 rings (SSSR count). The molecule has 0 fully saturated rings. The first-order valence-corrected chi connectivity index (χ1v) is 5.86. The molecule has 3 N–H and O–H groups in total. The van der Waals surface area contributed by atoms with Crippen LogP contribution >= 0.6 is 11.3 Å². The second-order valence-corrected chi connectivity index (χ2v) is 4.70. The van der Waals surface area contributed by atoms with Gasteiger partial charge in [-0.15, -0.1) is 11.3 Å². The molecule has 0 saturated carbocycles. The van der Waals surface area contributed by atoms with Gasteiger partial charge in [-0.3, -0.25) is 0 Å². The summed E-state index contributed by atoms with van der Waals surface area (Å²) in [5, 5.41) is 9.54. The van der Waals surface area contributed by atoms with Gasteiger partial charge in [0.1, 0.15) is 6.10 Å². The minimum Gasteiger partial charge on any atom is -0.386 e. The highest BCUT2D eigenvalue weighted by Crippen LogP contribution is 2.31. The van der Waals surface area contributed by atoms with Crippen LogP contribution in [0.5, 0.6) is 0 Å². The summed E-state index contributed by atoms with van der Waals surface area (Å²) in [5.41, 5.74) is 5.93. The quantitative estimate of drug-likeness (QED) is 0.885. The van der Waals surface area contributed by atoms with Crippen LogP contribution in [0.1, 0.15) is 11.0 Å². The third-order valence-electron chi connectivity index (χ3n) is 2.38. The zero-order valence-electron chi connectivity index (χ0n) is 8.86. The van der Waals surface area contributed by atoms with E-state index in [4.69, 9.17) is 5.73 Å². The lowest BCUT2D eigenvalue weighted by Gasteiger charge is -2.03. The van der Waals surface area contributed by atoms with Gasteiger partial charge in [0.05, 0.1) is 0 Å². The maximum Gasteiger partial charge on any atom is 0.159 e. The van der Waals surface area contributed by atoms with E-state index >= 15 is 0 Å². The summed E-state index contributed by atoms with van der Waals surface area (Å²) in [7, 11) is 0. The second kappa shape index (κ2) is 4.91. The largest absolute Gasteiger partial charge is 0.386 e. The number of aliphatic hydroxyl groups excluding tert-OH is 1. The van der Waals surface area contributed by atoms with E-state index in [9.17, 15) is 13.9 Å². The molecule has 1 aromatic carbocycles. The number of thiophene rings is 1. The third-order valence-corrected chi connectivity index (χ3v) is 3.62. The van der Waals surface area contributed by atoms with Crippen molar-refractivity contribution in [3.8, 4) is 10.4 Å². The number of rotatable bonds is 3. The number of aliphatic hydroxyl groups is 1. The zero-order chi connectivity index (χ0) is 12.4. The van der Waals surface area contributed by atoms with Crippen LogP contribution in [0.2, 0.25) is 0 Å². The lowest BCUT2D eigenvalue weighted by atomic mass is 10.2. The topological polar surface area (TPSA) is 46.2 Å². The van der Waals surface area contributed by atoms with Gasteiger partial charge in [0.2, 0.25) is 0 Å². The Balaban J connectivity index is 2.33. The first kappa shape index (κ1) is 12.2. The van der Waals surface area contributed by atoms with Crippen molar-refractivity contribution in [2.24, 2.45) is 5.73 Å². The number of nitrogens with two attached hydrogens (primary N) is 1. The molecule has 0 aliphatic rings. The normalized spacial score (nSPS) is 12.7. The van der Waals surface area contributed by atoms with Crippen LogP contribution in [0, 0.1) is 11.6 Å². The molecular formula is C12H11F2NOS. The van der Waals surface area contributed by atoms with Gasteiger partial charge >= 0.3 is 0 Å². The smallest absolute Gasteiger partial charge is 0.159 e. The van der Waals surface area contributed by atoms with Crippen molar-refractivity contribution < 1.29 is 13.9 Å². The van der Waals surface area contributed by atoms with E-state index < -0.39 is 17.7 Å². The van der Waals surface area contributed by atoms with E-state index in [2.05, 4.69) is 0 Å².